The van der Waals surface area contributed by atoms with E-state index in [1.165, 1.54) is 0 Å². The average molecular weight is 314 g/mol. The summed E-state index contributed by atoms with van der Waals surface area (Å²) in [6.45, 7) is 7.69. The fourth-order valence-electron chi connectivity index (χ4n) is 1.70. The molecule has 1 aromatic carbocycles. The Hall–Kier alpha value is -1.07. The number of anilines is 1. The van der Waals surface area contributed by atoms with Crippen molar-refractivity contribution >= 4 is 27.5 Å². The lowest BCUT2D eigenvalue weighted by molar-refractivity contribution is 0.0950. The molecule has 0 saturated carbocycles. The lowest BCUT2D eigenvalue weighted by atomic mass is 10.1. The van der Waals surface area contributed by atoms with E-state index < -0.39 is 0 Å². The fourth-order valence-corrected chi connectivity index (χ4v) is 2.06. The maximum Gasteiger partial charge on any atom is 0.253 e. The predicted molar refractivity (Wildman–Crippen MR) is 78.7 cm³/mol. The van der Waals surface area contributed by atoms with Crippen LogP contribution in [0, 0.1) is 0 Å². The molecule has 0 bridgehead atoms. The molecule has 1 rings (SSSR count). The minimum absolute atomic E-state index is 0.124. The number of benzene rings is 1. The molecule has 1 aromatic rings. The summed E-state index contributed by atoms with van der Waals surface area (Å²) in [4.78, 5) is 14.2. The minimum Gasteiger partial charge on any atom is -0.397 e. The third-order valence-electron chi connectivity index (χ3n) is 2.91. The summed E-state index contributed by atoms with van der Waals surface area (Å²) in [5, 5.41) is 2.88. The number of hydrogen-bond donors (Lipinski definition) is 2. The van der Waals surface area contributed by atoms with E-state index in [-0.39, 0.29) is 5.91 Å². The highest BCUT2D eigenvalue weighted by Crippen LogP contribution is 2.22. The number of nitrogens with one attached hydrogen (secondary N) is 1. The van der Waals surface area contributed by atoms with Crippen LogP contribution in [0.2, 0.25) is 0 Å². The van der Waals surface area contributed by atoms with Crippen molar-refractivity contribution in [1.82, 2.24) is 10.2 Å². The Morgan fingerprint density at radius 3 is 2.67 bits per heavy atom. The Bertz CT molecular complexity index is 405. The van der Waals surface area contributed by atoms with Gasteiger partial charge < -0.3 is 16.0 Å². The minimum atomic E-state index is -0.124. The van der Waals surface area contributed by atoms with Crippen molar-refractivity contribution in [3.05, 3.63) is 28.2 Å². The first-order chi connectivity index (χ1) is 8.60. The lowest BCUT2D eigenvalue weighted by Crippen LogP contribution is -2.35. The van der Waals surface area contributed by atoms with E-state index in [2.05, 4.69) is 40.0 Å². The zero-order chi connectivity index (χ0) is 13.5. The van der Waals surface area contributed by atoms with E-state index in [1.807, 2.05) is 6.07 Å². The first kappa shape index (κ1) is 15.0. The van der Waals surface area contributed by atoms with E-state index in [0.717, 1.165) is 24.1 Å². The van der Waals surface area contributed by atoms with Gasteiger partial charge in [-0.3, -0.25) is 4.79 Å². The number of halogens is 1. The van der Waals surface area contributed by atoms with Gasteiger partial charge in [-0.2, -0.15) is 0 Å². The zero-order valence-corrected chi connectivity index (χ0v) is 12.5. The second kappa shape index (κ2) is 7.38. The van der Waals surface area contributed by atoms with Crippen molar-refractivity contribution in [3.63, 3.8) is 0 Å². The monoisotopic (exact) mass is 313 g/mol. The van der Waals surface area contributed by atoms with Gasteiger partial charge in [0.1, 0.15) is 0 Å². The van der Waals surface area contributed by atoms with Crippen LogP contribution in [-0.4, -0.2) is 37.0 Å². The highest BCUT2D eigenvalue weighted by atomic mass is 79.9. The van der Waals surface area contributed by atoms with Gasteiger partial charge in [0.2, 0.25) is 0 Å². The van der Waals surface area contributed by atoms with Crippen molar-refractivity contribution in [2.75, 3.05) is 31.9 Å². The quantitative estimate of drug-likeness (QED) is 0.791. The molecule has 100 valence electrons. The molecule has 4 nitrogen and oxygen atoms in total. The number of carbonyl (C=O) groups excluding carboxylic acids is 1. The summed E-state index contributed by atoms with van der Waals surface area (Å²) in [5.41, 5.74) is 6.85. The number of hydrogen-bond acceptors (Lipinski definition) is 3. The molecule has 0 fully saturated rings. The normalized spacial score (nSPS) is 10.7. The molecule has 3 N–H and O–H groups in total. The van der Waals surface area contributed by atoms with Gasteiger partial charge in [-0.25, -0.2) is 0 Å². The molecule has 0 aliphatic carbocycles. The van der Waals surface area contributed by atoms with Crippen LogP contribution in [-0.2, 0) is 0 Å². The molecule has 5 heteroatoms. The van der Waals surface area contributed by atoms with Gasteiger partial charge >= 0.3 is 0 Å². The van der Waals surface area contributed by atoms with Crippen LogP contribution in [0.4, 0.5) is 5.69 Å². The number of nitrogens with two attached hydrogens (primary N) is 1. The second-order valence-electron chi connectivity index (χ2n) is 3.98. The van der Waals surface area contributed by atoms with Gasteiger partial charge in [-0.05, 0) is 41.2 Å². The molecule has 0 saturated heterocycles. The maximum atomic E-state index is 11.9. The Labute approximate surface area is 117 Å². The maximum absolute atomic E-state index is 11.9. The number of nitrogen functional groups attached to an aromatic ring is 1. The summed E-state index contributed by atoms with van der Waals surface area (Å²) < 4.78 is 0.749. The van der Waals surface area contributed by atoms with Crippen molar-refractivity contribution in [3.8, 4) is 0 Å². The van der Waals surface area contributed by atoms with Crippen molar-refractivity contribution in [2.24, 2.45) is 0 Å². The van der Waals surface area contributed by atoms with Crippen molar-refractivity contribution in [2.45, 2.75) is 13.8 Å². The Balaban J connectivity index is 2.53. The summed E-state index contributed by atoms with van der Waals surface area (Å²) in [6.07, 6.45) is 0. The van der Waals surface area contributed by atoms with Gasteiger partial charge in [0.15, 0.2) is 0 Å². The standard InChI is InChI=1S/C13H20BrN3O/c1-3-17(4-2)9-8-16-13(18)10-6-5-7-11(14)12(10)15/h5-7H,3-4,8-9,15H2,1-2H3,(H,16,18). The molecule has 0 unspecified atom stereocenters. The third kappa shape index (κ3) is 3.99. The molecule has 0 radical (unpaired) electrons. The highest BCUT2D eigenvalue weighted by Gasteiger charge is 2.11. The molecule has 0 aromatic heterocycles. The van der Waals surface area contributed by atoms with Crippen LogP contribution in [0.25, 0.3) is 0 Å². The van der Waals surface area contributed by atoms with E-state index in [4.69, 9.17) is 5.73 Å². The van der Waals surface area contributed by atoms with E-state index in [1.54, 1.807) is 12.1 Å². The van der Waals surface area contributed by atoms with Gasteiger partial charge in [0.05, 0.1) is 11.3 Å². The molecule has 0 spiro atoms. The van der Waals surface area contributed by atoms with Crippen LogP contribution in [0.3, 0.4) is 0 Å². The van der Waals surface area contributed by atoms with Crippen LogP contribution in [0.15, 0.2) is 22.7 Å². The first-order valence-corrected chi connectivity index (χ1v) is 6.94. The Morgan fingerprint density at radius 2 is 2.06 bits per heavy atom. The number of rotatable bonds is 6. The Morgan fingerprint density at radius 1 is 1.39 bits per heavy atom. The largest absolute Gasteiger partial charge is 0.397 e. The van der Waals surface area contributed by atoms with Crippen LogP contribution >= 0.6 is 15.9 Å². The highest BCUT2D eigenvalue weighted by molar-refractivity contribution is 9.10. The number of amides is 1. The third-order valence-corrected chi connectivity index (χ3v) is 3.60. The number of carbonyl (C=O) groups is 1. The summed E-state index contributed by atoms with van der Waals surface area (Å²) in [6, 6.07) is 5.36. The second-order valence-corrected chi connectivity index (χ2v) is 4.84. The van der Waals surface area contributed by atoms with Gasteiger partial charge in [-0.15, -0.1) is 0 Å². The van der Waals surface area contributed by atoms with Gasteiger partial charge in [0, 0.05) is 17.6 Å². The van der Waals surface area contributed by atoms with E-state index in [0.29, 0.717) is 17.8 Å². The number of likely N-dealkylation sites (N-methyl/N-ethyl adjacent to an activating group) is 1. The number of para-hydroxylation sites is 1. The lowest BCUT2D eigenvalue weighted by Gasteiger charge is -2.18. The molecule has 18 heavy (non-hydrogen) atoms. The fraction of sp³-hybridized carbons (Fsp3) is 0.462. The average Bonchev–Trinajstić information content (AvgIpc) is 2.37. The van der Waals surface area contributed by atoms with Crippen molar-refractivity contribution in [1.29, 1.82) is 0 Å². The number of nitrogens with zero attached hydrogens (tertiary/aromatic N) is 1. The van der Waals surface area contributed by atoms with Crippen molar-refractivity contribution < 1.29 is 4.79 Å². The van der Waals surface area contributed by atoms with Gasteiger partial charge in [0.25, 0.3) is 5.91 Å². The molecule has 0 heterocycles. The Kier molecular flexibility index (Phi) is 6.15. The van der Waals surface area contributed by atoms with Crippen LogP contribution in [0.5, 0.6) is 0 Å². The predicted octanol–water partition coefficient (Wildman–Crippen LogP) is 2.10. The van der Waals surface area contributed by atoms with Crippen LogP contribution in [0.1, 0.15) is 24.2 Å². The smallest absolute Gasteiger partial charge is 0.253 e. The SMILES string of the molecule is CCN(CC)CCNC(=O)c1cccc(Br)c1N. The molecule has 0 aliphatic heterocycles. The van der Waals surface area contributed by atoms with Gasteiger partial charge in [-0.1, -0.05) is 19.9 Å². The molecule has 0 atom stereocenters. The van der Waals surface area contributed by atoms with E-state index >= 15 is 0 Å². The topological polar surface area (TPSA) is 58.4 Å². The summed E-state index contributed by atoms with van der Waals surface area (Å²) >= 11 is 3.31. The molecule has 1 amide bonds. The molecule has 0 aliphatic rings. The summed E-state index contributed by atoms with van der Waals surface area (Å²) in [7, 11) is 0. The van der Waals surface area contributed by atoms with Crippen LogP contribution < -0.4 is 11.1 Å². The molecular weight excluding hydrogens is 294 g/mol. The van der Waals surface area contributed by atoms with E-state index in [9.17, 15) is 4.79 Å². The summed E-state index contributed by atoms with van der Waals surface area (Å²) in [5.74, 6) is -0.124. The molecular formula is C13H20BrN3O. The zero-order valence-electron chi connectivity index (χ0n) is 10.9. The first-order valence-electron chi connectivity index (χ1n) is 6.14.